The van der Waals surface area contributed by atoms with Gasteiger partial charge in [0.2, 0.25) is 0 Å². The highest BCUT2D eigenvalue weighted by molar-refractivity contribution is 8.18. The van der Waals surface area contributed by atoms with E-state index in [2.05, 4.69) is 5.32 Å². The first-order valence-electron chi connectivity index (χ1n) is 11.1. The number of carbonyl (C=O) groups is 3. The number of hydrogen-bond donors (Lipinski definition) is 1. The standard InChI is InChI=1S/C27H22Cl2N2O4S/c1-17-6-2-3-7-19(17)16-35-23-9-5-4-8-20(23)25(32)30-12-13-31-26(33)24(36-27(31)34)15-18-10-11-21(28)22(29)14-18/h2-11,14-15H,12-13,16H2,1H3,(H,30,32)/b24-15+. The van der Waals surface area contributed by atoms with Crippen LogP contribution in [0.2, 0.25) is 10.0 Å². The molecule has 0 saturated carbocycles. The second kappa shape index (κ2) is 11.6. The lowest BCUT2D eigenvalue weighted by molar-refractivity contribution is -0.122. The Morgan fingerprint density at radius 3 is 2.56 bits per heavy atom. The number of aryl methyl sites for hydroxylation is 1. The number of thioether (sulfide) groups is 1. The molecule has 1 aliphatic heterocycles. The van der Waals surface area contributed by atoms with Crippen molar-refractivity contribution in [3.63, 3.8) is 0 Å². The molecule has 184 valence electrons. The van der Waals surface area contributed by atoms with E-state index in [1.807, 2.05) is 31.2 Å². The highest BCUT2D eigenvalue weighted by atomic mass is 35.5. The average Bonchev–Trinajstić information content (AvgIpc) is 3.13. The summed E-state index contributed by atoms with van der Waals surface area (Å²) >= 11 is 12.8. The summed E-state index contributed by atoms with van der Waals surface area (Å²) in [5.74, 6) is -0.324. The molecule has 3 amide bonds. The minimum Gasteiger partial charge on any atom is -0.488 e. The maximum atomic E-state index is 12.8. The van der Waals surface area contributed by atoms with Crippen molar-refractivity contribution in [2.45, 2.75) is 13.5 Å². The molecule has 1 saturated heterocycles. The lowest BCUT2D eigenvalue weighted by Gasteiger charge is -2.15. The molecule has 0 aliphatic carbocycles. The zero-order chi connectivity index (χ0) is 25.7. The number of hydrogen-bond acceptors (Lipinski definition) is 5. The summed E-state index contributed by atoms with van der Waals surface area (Å²) in [4.78, 5) is 39.4. The first-order chi connectivity index (χ1) is 17.3. The summed E-state index contributed by atoms with van der Waals surface area (Å²) in [6.07, 6.45) is 1.59. The number of nitrogens with one attached hydrogen (secondary N) is 1. The van der Waals surface area contributed by atoms with Crippen LogP contribution in [0.3, 0.4) is 0 Å². The van der Waals surface area contributed by atoms with Crippen LogP contribution < -0.4 is 10.1 Å². The zero-order valence-corrected chi connectivity index (χ0v) is 21.6. The van der Waals surface area contributed by atoms with Gasteiger partial charge in [-0.05, 0) is 65.7 Å². The third kappa shape index (κ3) is 6.10. The molecule has 1 heterocycles. The number of benzene rings is 3. The van der Waals surface area contributed by atoms with Crippen molar-refractivity contribution in [1.29, 1.82) is 0 Å². The van der Waals surface area contributed by atoms with Crippen LogP contribution in [0.25, 0.3) is 6.08 Å². The SMILES string of the molecule is Cc1ccccc1COc1ccccc1C(=O)NCCN1C(=O)S/C(=C/c2ccc(Cl)c(Cl)c2)C1=O. The fourth-order valence-corrected chi connectivity index (χ4v) is 4.70. The van der Waals surface area contributed by atoms with Gasteiger partial charge in [0.25, 0.3) is 17.1 Å². The van der Waals surface area contributed by atoms with Gasteiger partial charge in [0.15, 0.2) is 0 Å². The van der Waals surface area contributed by atoms with Gasteiger partial charge in [0.1, 0.15) is 12.4 Å². The number of halogens is 2. The third-order valence-electron chi connectivity index (χ3n) is 5.51. The Balaban J connectivity index is 1.35. The van der Waals surface area contributed by atoms with Gasteiger partial charge in [-0.1, -0.05) is 65.7 Å². The monoisotopic (exact) mass is 540 g/mol. The lowest BCUT2D eigenvalue weighted by Crippen LogP contribution is -2.37. The summed E-state index contributed by atoms with van der Waals surface area (Å²) in [6.45, 7) is 2.48. The number of carbonyl (C=O) groups excluding carboxylic acids is 3. The van der Waals surface area contributed by atoms with Gasteiger partial charge in [-0.2, -0.15) is 0 Å². The Labute approximate surface area is 223 Å². The van der Waals surface area contributed by atoms with E-state index in [0.717, 1.165) is 27.8 Å². The number of rotatable bonds is 8. The van der Waals surface area contributed by atoms with Gasteiger partial charge in [-0.15, -0.1) is 0 Å². The van der Waals surface area contributed by atoms with Crippen molar-refractivity contribution in [3.8, 4) is 5.75 Å². The fraction of sp³-hybridized carbons (Fsp3) is 0.148. The summed E-state index contributed by atoms with van der Waals surface area (Å²) in [7, 11) is 0. The van der Waals surface area contributed by atoms with E-state index in [9.17, 15) is 14.4 Å². The Kier molecular flexibility index (Phi) is 8.36. The van der Waals surface area contributed by atoms with Gasteiger partial charge < -0.3 is 10.1 Å². The van der Waals surface area contributed by atoms with Crippen LogP contribution in [0.5, 0.6) is 5.75 Å². The van der Waals surface area contributed by atoms with Crippen molar-refractivity contribution in [2.24, 2.45) is 0 Å². The number of para-hydroxylation sites is 1. The topological polar surface area (TPSA) is 75.7 Å². The summed E-state index contributed by atoms with van der Waals surface area (Å²) in [6, 6.07) is 19.8. The first kappa shape index (κ1) is 25.8. The predicted molar refractivity (Wildman–Crippen MR) is 143 cm³/mol. The highest BCUT2D eigenvalue weighted by Gasteiger charge is 2.34. The molecule has 6 nitrogen and oxygen atoms in total. The van der Waals surface area contributed by atoms with Crippen molar-refractivity contribution < 1.29 is 19.1 Å². The molecule has 0 atom stereocenters. The first-order valence-corrected chi connectivity index (χ1v) is 12.7. The second-order valence-corrected chi connectivity index (χ2v) is 9.78. The Bertz CT molecular complexity index is 1360. The van der Waals surface area contributed by atoms with Gasteiger partial charge >= 0.3 is 0 Å². The molecule has 4 rings (SSSR count). The predicted octanol–water partition coefficient (Wildman–Crippen LogP) is 6.35. The lowest BCUT2D eigenvalue weighted by atomic mass is 10.1. The number of ether oxygens (including phenoxy) is 1. The number of amides is 3. The smallest absolute Gasteiger partial charge is 0.293 e. The molecule has 0 radical (unpaired) electrons. The van der Waals surface area contributed by atoms with Crippen molar-refractivity contribution in [3.05, 3.63) is 104 Å². The highest BCUT2D eigenvalue weighted by Crippen LogP contribution is 2.33. The molecule has 3 aromatic carbocycles. The summed E-state index contributed by atoms with van der Waals surface area (Å²) in [5, 5.41) is 3.13. The molecule has 1 fully saturated rings. The Hall–Kier alpha value is -3.26. The minimum absolute atomic E-state index is 0.0430. The van der Waals surface area contributed by atoms with Gasteiger partial charge in [-0.3, -0.25) is 19.3 Å². The largest absolute Gasteiger partial charge is 0.488 e. The van der Waals surface area contributed by atoms with Gasteiger partial charge in [0, 0.05) is 13.1 Å². The van der Waals surface area contributed by atoms with Crippen LogP contribution in [0.1, 0.15) is 27.0 Å². The van der Waals surface area contributed by atoms with Crippen LogP contribution in [0, 0.1) is 6.92 Å². The van der Waals surface area contributed by atoms with Crippen LogP contribution in [0.15, 0.2) is 71.6 Å². The van der Waals surface area contributed by atoms with Gasteiger partial charge in [-0.25, -0.2) is 0 Å². The average molecular weight is 541 g/mol. The van der Waals surface area contributed by atoms with E-state index in [0.29, 0.717) is 33.5 Å². The summed E-state index contributed by atoms with van der Waals surface area (Å²) in [5.41, 5.74) is 3.16. The van der Waals surface area contributed by atoms with E-state index < -0.39 is 11.1 Å². The maximum absolute atomic E-state index is 12.8. The van der Waals surface area contributed by atoms with Crippen LogP contribution in [-0.4, -0.2) is 35.0 Å². The van der Waals surface area contributed by atoms with E-state index >= 15 is 0 Å². The van der Waals surface area contributed by atoms with Crippen LogP contribution >= 0.6 is 35.0 Å². The fourth-order valence-electron chi connectivity index (χ4n) is 3.53. The van der Waals surface area contributed by atoms with E-state index in [-0.39, 0.29) is 23.9 Å². The molecule has 0 spiro atoms. The van der Waals surface area contributed by atoms with E-state index in [4.69, 9.17) is 27.9 Å². The quantitative estimate of drug-likeness (QED) is 0.337. The van der Waals surface area contributed by atoms with E-state index in [1.54, 1.807) is 48.5 Å². The molecule has 3 aromatic rings. The van der Waals surface area contributed by atoms with Crippen molar-refractivity contribution in [2.75, 3.05) is 13.1 Å². The van der Waals surface area contributed by atoms with Crippen molar-refractivity contribution in [1.82, 2.24) is 10.2 Å². The molecule has 0 bridgehead atoms. The van der Waals surface area contributed by atoms with Crippen LogP contribution in [-0.2, 0) is 11.4 Å². The second-order valence-electron chi connectivity index (χ2n) is 7.97. The van der Waals surface area contributed by atoms with E-state index in [1.165, 1.54) is 0 Å². The molecule has 1 aliphatic rings. The number of nitrogens with zero attached hydrogens (tertiary/aromatic N) is 1. The van der Waals surface area contributed by atoms with Crippen molar-refractivity contribution >= 4 is 58.1 Å². The molecule has 9 heteroatoms. The third-order valence-corrected chi connectivity index (χ3v) is 7.16. The molecule has 0 unspecified atom stereocenters. The minimum atomic E-state index is -0.424. The zero-order valence-electron chi connectivity index (χ0n) is 19.3. The van der Waals surface area contributed by atoms with Gasteiger partial charge in [0.05, 0.1) is 20.5 Å². The molecule has 0 aromatic heterocycles. The molecular weight excluding hydrogens is 519 g/mol. The maximum Gasteiger partial charge on any atom is 0.293 e. The normalized spacial score (nSPS) is 14.4. The van der Waals surface area contributed by atoms with Crippen LogP contribution in [0.4, 0.5) is 4.79 Å². The number of imide groups is 1. The molecular formula is C27H22Cl2N2O4S. The molecule has 36 heavy (non-hydrogen) atoms. The molecule has 1 N–H and O–H groups in total. The summed E-state index contributed by atoms with van der Waals surface area (Å²) < 4.78 is 5.92. The Morgan fingerprint density at radius 2 is 1.78 bits per heavy atom. The Morgan fingerprint density at radius 1 is 1.03 bits per heavy atom.